The normalized spacial score (nSPS) is 13.9. The first-order valence-corrected chi connectivity index (χ1v) is 12.3. The van der Waals surface area contributed by atoms with Gasteiger partial charge in [0.1, 0.15) is 0 Å². The van der Waals surface area contributed by atoms with Gasteiger partial charge in [-0.15, -0.1) is 0 Å². The molecule has 1 N–H and O–H groups in total. The van der Waals surface area contributed by atoms with E-state index in [-0.39, 0.29) is 22.1 Å². The van der Waals surface area contributed by atoms with Crippen LogP contribution in [0.2, 0.25) is 0 Å². The molecule has 0 bridgehead atoms. The molecule has 1 aliphatic rings. The van der Waals surface area contributed by atoms with Crippen LogP contribution in [0.15, 0.2) is 83.8 Å². The average Bonchev–Trinajstić information content (AvgIpc) is 2.88. The quantitative estimate of drug-likeness (QED) is 0.546. The van der Waals surface area contributed by atoms with Gasteiger partial charge in [0.2, 0.25) is 0 Å². The summed E-state index contributed by atoms with van der Waals surface area (Å²) in [5.74, 6) is -0.601. The summed E-state index contributed by atoms with van der Waals surface area (Å²) in [5.41, 5.74) is 1.76. The summed E-state index contributed by atoms with van der Waals surface area (Å²) >= 11 is 0. The Morgan fingerprint density at radius 3 is 2.06 bits per heavy atom. The fraction of sp³-hybridized carbons (Fsp3) is 0.200. The fourth-order valence-corrected chi connectivity index (χ4v) is 4.94. The van der Waals surface area contributed by atoms with Crippen molar-refractivity contribution in [1.82, 2.24) is 4.90 Å². The van der Waals surface area contributed by atoms with Gasteiger partial charge in [-0.1, -0.05) is 36.4 Å². The second-order valence-electron chi connectivity index (χ2n) is 7.79. The number of esters is 1. The summed E-state index contributed by atoms with van der Waals surface area (Å²) in [6, 6.07) is 21.9. The van der Waals surface area contributed by atoms with Crippen molar-refractivity contribution in [2.75, 3.05) is 42.9 Å². The maximum absolute atomic E-state index is 13.0. The first kappa shape index (κ1) is 23.3. The number of piperazine rings is 1. The van der Waals surface area contributed by atoms with Crippen LogP contribution in [0.25, 0.3) is 0 Å². The molecular weight excluding hydrogens is 454 g/mol. The highest BCUT2D eigenvalue weighted by Gasteiger charge is 2.25. The summed E-state index contributed by atoms with van der Waals surface area (Å²) < 4.78 is 33.4. The Labute approximate surface area is 198 Å². The Balaban J connectivity index is 1.58. The van der Waals surface area contributed by atoms with Crippen LogP contribution in [0.5, 0.6) is 0 Å². The van der Waals surface area contributed by atoms with Crippen molar-refractivity contribution in [3.05, 3.63) is 90.0 Å². The standard InChI is InChI=1S/C25H25N3O5S/c1-33-25(30)20-12-13-23(22(18-20)26-34(31,32)21-10-6-3-7-11-21)27-14-16-28(17-15-27)24(29)19-8-4-2-5-9-19/h2-13,18,26H,14-17H2,1H3. The lowest BCUT2D eigenvalue weighted by Crippen LogP contribution is -2.49. The molecule has 9 heteroatoms. The second-order valence-corrected chi connectivity index (χ2v) is 9.47. The molecule has 1 aliphatic heterocycles. The van der Waals surface area contributed by atoms with E-state index in [9.17, 15) is 18.0 Å². The maximum atomic E-state index is 13.0. The number of anilines is 2. The topological polar surface area (TPSA) is 96.0 Å². The lowest BCUT2D eigenvalue weighted by Gasteiger charge is -2.37. The van der Waals surface area contributed by atoms with Gasteiger partial charge in [0.05, 0.1) is 28.9 Å². The third kappa shape index (κ3) is 5.04. The highest BCUT2D eigenvalue weighted by atomic mass is 32.2. The van der Waals surface area contributed by atoms with E-state index >= 15 is 0 Å². The van der Waals surface area contributed by atoms with Crippen molar-refractivity contribution < 1.29 is 22.7 Å². The van der Waals surface area contributed by atoms with E-state index in [4.69, 9.17) is 4.74 Å². The summed E-state index contributed by atoms with van der Waals surface area (Å²) in [6.45, 7) is 1.99. The lowest BCUT2D eigenvalue weighted by molar-refractivity contribution is 0.0600. The minimum Gasteiger partial charge on any atom is -0.465 e. The van der Waals surface area contributed by atoms with Crippen LogP contribution in [0, 0.1) is 0 Å². The number of nitrogens with one attached hydrogen (secondary N) is 1. The number of nitrogens with zero attached hydrogens (tertiary/aromatic N) is 2. The molecule has 0 aliphatic carbocycles. The number of hydrogen-bond donors (Lipinski definition) is 1. The van der Waals surface area contributed by atoms with Crippen LogP contribution in [0.3, 0.4) is 0 Å². The largest absolute Gasteiger partial charge is 0.465 e. The highest BCUT2D eigenvalue weighted by Crippen LogP contribution is 2.31. The third-order valence-electron chi connectivity index (χ3n) is 5.64. The Morgan fingerprint density at radius 2 is 1.44 bits per heavy atom. The summed E-state index contributed by atoms with van der Waals surface area (Å²) in [4.78, 5) is 28.7. The number of ether oxygens (including phenoxy) is 1. The molecule has 1 heterocycles. The van der Waals surface area contributed by atoms with Crippen molar-refractivity contribution in [1.29, 1.82) is 0 Å². The number of methoxy groups -OCH3 is 1. The molecule has 0 aromatic heterocycles. The first-order valence-electron chi connectivity index (χ1n) is 10.8. The Bertz CT molecular complexity index is 1270. The zero-order valence-electron chi connectivity index (χ0n) is 18.7. The van der Waals surface area contributed by atoms with Gasteiger partial charge in [0.15, 0.2) is 0 Å². The van der Waals surface area contributed by atoms with Crippen molar-refractivity contribution >= 4 is 33.3 Å². The van der Waals surface area contributed by atoms with E-state index in [1.54, 1.807) is 47.4 Å². The molecule has 8 nitrogen and oxygen atoms in total. The molecule has 3 aromatic rings. The van der Waals surface area contributed by atoms with Crippen LogP contribution in [-0.4, -0.2) is 58.5 Å². The Morgan fingerprint density at radius 1 is 0.824 bits per heavy atom. The SMILES string of the molecule is COC(=O)c1ccc(N2CCN(C(=O)c3ccccc3)CC2)c(NS(=O)(=O)c2ccccc2)c1. The van der Waals surface area contributed by atoms with Crippen LogP contribution in [0.4, 0.5) is 11.4 Å². The number of benzene rings is 3. The maximum Gasteiger partial charge on any atom is 0.337 e. The molecule has 0 atom stereocenters. The molecule has 1 fully saturated rings. The van der Waals surface area contributed by atoms with Crippen molar-refractivity contribution in [3.63, 3.8) is 0 Å². The molecule has 1 saturated heterocycles. The Kier molecular flexibility index (Phi) is 6.83. The smallest absolute Gasteiger partial charge is 0.337 e. The molecule has 0 unspecified atom stereocenters. The van der Waals surface area contributed by atoms with Gasteiger partial charge in [0, 0.05) is 31.7 Å². The van der Waals surface area contributed by atoms with E-state index in [1.807, 2.05) is 23.1 Å². The minimum absolute atomic E-state index is 0.0358. The molecular formula is C25H25N3O5S. The van der Waals surface area contributed by atoms with Gasteiger partial charge in [-0.2, -0.15) is 0 Å². The monoisotopic (exact) mass is 479 g/mol. The molecule has 1 amide bonds. The average molecular weight is 480 g/mol. The van der Waals surface area contributed by atoms with Crippen molar-refractivity contribution in [2.24, 2.45) is 0 Å². The molecule has 0 radical (unpaired) electrons. The van der Waals surface area contributed by atoms with Gasteiger partial charge in [-0.3, -0.25) is 9.52 Å². The predicted octanol–water partition coefficient (Wildman–Crippen LogP) is 3.24. The zero-order valence-corrected chi connectivity index (χ0v) is 19.5. The van der Waals surface area contributed by atoms with Crippen molar-refractivity contribution in [2.45, 2.75) is 4.90 Å². The van der Waals surface area contributed by atoms with E-state index in [0.717, 1.165) is 0 Å². The van der Waals surface area contributed by atoms with Crippen LogP contribution in [0.1, 0.15) is 20.7 Å². The molecule has 0 spiro atoms. The van der Waals surface area contributed by atoms with E-state index in [0.29, 0.717) is 37.4 Å². The molecule has 3 aromatic carbocycles. The lowest BCUT2D eigenvalue weighted by atomic mass is 10.1. The van der Waals surface area contributed by atoms with Gasteiger partial charge >= 0.3 is 5.97 Å². The second kappa shape index (κ2) is 9.96. The van der Waals surface area contributed by atoms with Gasteiger partial charge in [0.25, 0.3) is 15.9 Å². The van der Waals surface area contributed by atoms with Gasteiger partial charge < -0.3 is 14.5 Å². The number of rotatable bonds is 6. The number of hydrogen-bond acceptors (Lipinski definition) is 6. The Hall–Kier alpha value is -3.85. The molecule has 0 saturated carbocycles. The van der Waals surface area contributed by atoms with Gasteiger partial charge in [-0.25, -0.2) is 13.2 Å². The van der Waals surface area contributed by atoms with E-state index in [2.05, 4.69) is 4.72 Å². The zero-order chi connectivity index (χ0) is 24.1. The number of carbonyl (C=O) groups is 2. The molecule has 4 rings (SSSR count). The summed E-state index contributed by atoms with van der Waals surface area (Å²) in [7, 11) is -2.61. The number of amides is 1. The van der Waals surface area contributed by atoms with Crippen LogP contribution >= 0.6 is 0 Å². The van der Waals surface area contributed by atoms with E-state index in [1.165, 1.54) is 25.3 Å². The number of sulfonamides is 1. The van der Waals surface area contributed by atoms with Gasteiger partial charge in [-0.05, 0) is 42.5 Å². The summed E-state index contributed by atoms with van der Waals surface area (Å²) in [6.07, 6.45) is 0. The third-order valence-corrected chi connectivity index (χ3v) is 7.03. The first-order chi connectivity index (χ1) is 16.4. The summed E-state index contributed by atoms with van der Waals surface area (Å²) in [5, 5.41) is 0. The minimum atomic E-state index is -3.88. The highest BCUT2D eigenvalue weighted by molar-refractivity contribution is 7.92. The molecule has 34 heavy (non-hydrogen) atoms. The predicted molar refractivity (Wildman–Crippen MR) is 130 cm³/mol. The van der Waals surface area contributed by atoms with Crippen LogP contribution in [-0.2, 0) is 14.8 Å². The number of carbonyl (C=O) groups excluding carboxylic acids is 2. The van der Waals surface area contributed by atoms with E-state index < -0.39 is 16.0 Å². The fourth-order valence-electron chi connectivity index (χ4n) is 3.86. The van der Waals surface area contributed by atoms with Crippen molar-refractivity contribution in [3.8, 4) is 0 Å². The van der Waals surface area contributed by atoms with Crippen LogP contribution < -0.4 is 9.62 Å². The molecule has 176 valence electrons.